The van der Waals surface area contributed by atoms with Gasteiger partial charge in [-0.25, -0.2) is 0 Å². The maximum atomic E-state index is 12.0. The Morgan fingerprint density at radius 1 is 1.55 bits per heavy atom. The molecule has 2 heterocycles. The third kappa shape index (κ3) is 2.03. The smallest absolute Gasteiger partial charge is 0.243 e. The molecule has 0 aromatic heterocycles. The summed E-state index contributed by atoms with van der Waals surface area (Å²) in [5.41, 5.74) is -0.559. The summed E-state index contributed by atoms with van der Waals surface area (Å²) in [5, 5.41) is 21.1. The van der Waals surface area contributed by atoms with Gasteiger partial charge >= 0.3 is 0 Å². The second-order valence-electron chi connectivity index (χ2n) is 5.03. The van der Waals surface area contributed by atoms with Gasteiger partial charge in [0.05, 0.1) is 6.07 Å². The average Bonchev–Trinajstić information content (AvgIpc) is 2.39. The number of rotatable bonds is 0. The molecule has 0 saturated carbocycles. The third-order valence-electron chi connectivity index (χ3n) is 4.12. The van der Waals surface area contributed by atoms with Crippen molar-refractivity contribution in [2.75, 3.05) is 13.1 Å². The Morgan fingerprint density at radius 2 is 2.15 bits per heavy atom. The van der Waals surface area contributed by atoms with Gasteiger partial charge in [0.2, 0.25) is 11.8 Å². The average molecular weight is 289 g/mol. The lowest BCUT2D eigenvalue weighted by molar-refractivity contribution is -0.132. The number of carbonyl (C=O) groups is 2. The van der Waals surface area contributed by atoms with Gasteiger partial charge in [-0.15, -0.1) is 0 Å². The minimum atomic E-state index is -0.932. The van der Waals surface area contributed by atoms with Crippen LogP contribution in [0.1, 0.15) is 19.8 Å². The molecule has 2 aliphatic rings. The van der Waals surface area contributed by atoms with Crippen molar-refractivity contribution in [3.05, 3.63) is 11.0 Å². The van der Waals surface area contributed by atoms with Gasteiger partial charge in [0, 0.05) is 31.0 Å². The molecule has 0 bridgehead atoms. The van der Waals surface area contributed by atoms with Gasteiger partial charge in [0.25, 0.3) is 0 Å². The van der Waals surface area contributed by atoms with Crippen LogP contribution < -0.4 is 5.32 Å². The normalized spacial score (nSPS) is 24.9. The zero-order valence-electron chi connectivity index (χ0n) is 11.0. The maximum absolute atomic E-state index is 12.0. The molecule has 2 amide bonds. The minimum Gasteiger partial charge on any atom is -0.763 e. The largest absolute Gasteiger partial charge is 0.763 e. The molecule has 1 atom stereocenters. The van der Waals surface area contributed by atoms with Crippen molar-refractivity contribution in [2.24, 2.45) is 11.3 Å². The molecule has 0 aromatic carbocycles. The van der Waals surface area contributed by atoms with E-state index < -0.39 is 17.2 Å². The Bertz CT molecular complexity index is 578. The predicted molar refractivity (Wildman–Crippen MR) is 75.6 cm³/mol. The molecule has 6 nitrogen and oxygen atoms in total. The van der Waals surface area contributed by atoms with Gasteiger partial charge in [0.15, 0.2) is 0 Å². The highest BCUT2D eigenvalue weighted by Gasteiger charge is 2.52. The lowest BCUT2D eigenvalue weighted by Crippen LogP contribution is -2.57. The van der Waals surface area contributed by atoms with Crippen LogP contribution in [0.3, 0.4) is 0 Å². The summed E-state index contributed by atoms with van der Waals surface area (Å²) in [5.74, 6) is 0.619. The summed E-state index contributed by atoms with van der Waals surface area (Å²) in [6.07, 6.45) is 0.808. The minimum absolute atomic E-state index is 0.0466. The van der Waals surface area contributed by atoms with Crippen LogP contribution in [0, 0.1) is 22.7 Å². The molecule has 104 valence electrons. The summed E-state index contributed by atoms with van der Waals surface area (Å²) in [6.45, 7) is 2.33. The van der Waals surface area contributed by atoms with E-state index in [9.17, 15) is 20.3 Å². The number of hydrogen-bond donors (Lipinski definition) is 1. The molecule has 0 aromatic rings. The monoisotopic (exact) mass is 289 g/mol. The van der Waals surface area contributed by atoms with Gasteiger partial charge in [-0.3, -0.25) is 15.5 Å². The van der Waals surface area contributed by atoms with Crippen molar-refractivity contribution >= 4 is 34.9 Å². The van der Waals surface area contributed by atoms with E-state index in [-0.39, 0.29) is 10.9 Å². The van der Waals surface area contributed by atoms with E-state index in [2.05, 4.69) is 5.32 Å². The standard InChI is InChI=1S/C13H13N4O2S/c1-8(18)17-4-2-13(3-5-17)9(6-14)11(19)16-12(20)10(13)7-15/h9H,2-5H2,1H3,(H,16,19,20)/q-1. The molecule has 0 aliphatic carbocycles. The van der Waals surface area contributed by atoms with E-state index in [1.54, 1.807) is 4.90 Å². The van der Waals surface area contributed by atoms with Gasteiger partial charge in [0.1, 0.15) is 10.9 Å². The number of carbonyl (C=O) groups excluding carboxylic acids is 2. The van der Waals surface area contributed by atoms with Gasteiger partial charge < -0.3 is 15.6 Å². The number of piperidine rings is 2. The molecule has 2 aliphatic heterocycles. The van der Waals surface area contributed by atoms with E-state index >= 15 is 0 Å². The first kappa shape index (κ1) is 14.4. The highest BCUT2D eigenvalue weighted by atomic mass is 32.1. The highest BCUT2D eigenvalue weighted by Crippen LogP contribution is 2.46. The Balaban J connectivity index is 2.41. The van der Waals surface area contributed by atoms with Crippen molar-refractivity contribution in [3.8, 4) is 6.07 Å². The fourth-order valence-electron chi connectivity index (χ4n) is 2.97. The SMILES string of the molecule is CC(=O)N1CCC2(CC1)C(=C=[N-])C(=S)NC(=O)C2C#N. The van der Waals surface area contributed by atoms with Crippen molar-refractivity contribution in [1.29, 1.82) is 5.26 Å². The molecule has 1 unspecified atom stereocenters. The highest BCUT2D eigenvalue weighted by molar-refractivity contribution is 7.80. The quantitative estimate of drug-likeness (QED) is 0.396. The number of hydrogen-bond acceptors (Lipinski definition) is 4. The molecule has 7 heteroatoms. The zero-order chi connectivity index (χ0) is 14.9. The van der Waals surface area contributed by atoms with Crippen molar-refractivity contribution in [3.63, 3.8) is 0 Å². The Labute approximate surface area is 121 Å². The third-order valence-corrected chi connectivity index (χ3v) is 4.42. The van der Waals surface area contributed by atoms with Crippen LogP contribution in [0.5, 0.6) is 0 Å². The first-order chi connectivity index (χ1) is 9.46. The van der Waals surface area contributed by atoms with Crippen LogP contribution in [0.15, 0.2) is 5.57 Å². The zero-order valence-corrected chi connectivity index (χ0v) is 11.8. The van der Waals surface area contributed by atoms with Gasteiger partial charge in [-0.2, -0.15) is 5.26 Å². The Morgan fingerprint density at radius 3 is 2.60 bits per heavy atom. The van der Waals surface area contributed by atoms with E-state index in [0.717, 1.165) is 0 Å². The van der Waals surface area contributed by atoms with Crippen molar-refractivity contribution in [2.45, 2.75) is 19.8 Å². The first-order valence-corrected chi connectivity index (χ1v) is 6.65. The number of nitrogens with zero attached hydrogens (tertiary/aromatic N) is 3. The Kier molecular flexibility index (Phi) is 3.71. The van der Waals surface area contributed by atoms with Crippen molar-refractivity contribution in [1.82, 2.24) is 10.2 Å². The van der Waals surface area contributed by atoms with Crippen LogP contribution in [0.25, 0.3) is 5.41 Å². The van der Waals surface area contributed by atoms with Crippen LogP contribution in [0.2, 0.25) is 0 Å². The Hall–Kier alpha value is -2.03. The number of nitriles is 1. The fraction of sp³-hybridized carbons (Fsp3) is 0.538. The van der Waals surface area contributed by atoms with Crippen LogP contribution >= 0.6 is 12.2 Å². The maximum Gasteiger partial charge on any atom is 0.243 e. The lowest BCUT2D eigenvalue weighted by atomic mass is 9.62. The molecule has 2 rings (SSSR count). The molecule has 1 N–H and O–H groups in total. The second-order valence-corrected chi connectivity index (χ2v) is 5.44. The van der Waals surface area contributed by atoms with E-state index in [1.807, 2.05) is 11.9 Å². The molecule has 1 spiro atoms. The summed E-state index contributed by atoms with van der Waals surface area (Å²) in [7, 11) is 0. The van der Waals surface area contributed by atoms with E-state index in [1.165, 1.54) is 6.92 Å². The molecular weight excluding hydrogens is 276 g/mol. The number of amides is 2. The number of nitrogens with one attached hydrogen (secondary N) is 1. The molecular formula is C13H13N4O2S-. The van der Waals surface area contributed by atoms with E-state index in [0.29, 0.717) is 31.5 Å². The van der Waals surface area contributed by atoms with Gasteiger partial charge in [-0.1, -0.05) is 12.2 Å². The summed E-state index contributed by atoms with van der Waals surface area (Å²) in [6, 6.07) is 2.00. The number of thiocarbonyl (C=S) groups is 1. The van der Waals surface area contributed by atoms with Gasteiger partial charge in [-0.05, 0) is 12.8 Å². The predicted octanol–water partition coefficient (Wildman–Crippen LogP) is 0.378. The summed E-state index contributed by atoms with van der Waals surface area (Å²) >= 11 is 5.06. The summed E-state index contributed by atoms with van der Waals surface area (Å²) in [4.78, 5) is 25.1. The van der Waals surface area contributed by atoms with E-state index in [4.69, 9.17) is 12.2 Å². The van der Waals surface area contributed by atoms with Crippen LogP contribution in [-0.2, 0) is 9.59 Å². The lowest BCUT2D eigenvalue weighted by Gasteiger charge is -2.47. The van der Waals surface area contributed by atoms with Crippen LogP contribution in [-0.4, -0.2) is 40.7 Å². The first-order valence-electron chi connectivity index (χ1n) is 6.24. The molecule has 2 saturated heterocycles. The topological polar surface area (TPSA) is 95.5 Å². The van der Waals surface area contributed by atoms with Crippen molar-refractivity contribution < 1.29 is 9.59 Å². The molecule has 20 heavy (non-hydrogen) atoms. The summed E-state index contributed by atoms with van der Waals surface area (Å²) < 4.78 is 0. The number of likely N-dealkylation sites (tertiary alicyclic amines) is 1. The molecule has 0 radical (unpaired) electrons. The second kappa shape index (κ2) is 5.16. The molecule has 2 fully saturated rings. The fourth-order valence-corrected chi connectivity index (χ4v) is 3.32. The van der Waals surface area contributed by atoms with Crippen LogP contribution in [0.4, 0.5) is 0 Å².